The van der Waals surface area contributed by atoms with E-state index in [1.807, 2.05) is 39.0 Å². The Kier molecular flexibility index (Phi) is 4.38. The zero-order valence-corrected chi connectivity index (χ0v) is 6.76. The second-order valence-electron chi connectivity index (χ2n) is 1.79. The van der Waals surface area contributed by atoms with Crippen LogP contribution in [0, 0.1) is 6.92 Å². The standard InChI is InChI=1S/C7H8O.C2H6/c1-6-4-2-3-5-7(6)8;1-2/h2-5,8H,1H3;1-2H3. The zero-order valence-electron chi connectivity index (χ0n) is 6.76. The molecule has 0 aliphatic carbocycles. The highest BCUT2D eigenvalue weighted by molar-refractivity contribution is 5.29. The van der Waals surface area contributed by atoms with E-state index in [4.69, 9.17) is 5.11 Å². The lowest BCUT2D eigenvalue weighted by Crippen LogP contribution is -1.68. The summed E-state index contributed by atoms with van der Waals surface area (Å²) in [4.78, 5) is 0. The summed E-state index contributed by atoms with van der Waals surface area (Å²) in [5.41, 5.74) is 0.924. The van der Waals surface area contributed by atoms with Crippen molar-refractivity contribution in [3.63, 3.8) is 0 Å². The normalized spacial score (nSPS) is 7.90. The molecular weight excluding hydrogens is 124 g/mol. The van der Waals surface area contributed by atoms with Crippen molar-refractivity contribution in [2.24, 2.45) is 0 Å². The van der Waals surface area contributed by atoms with Gasteiger partial charge in [0.2, 0.25) is 0 Å². The molecule has 1 aromatic carbocycles. The summed E-state index contributed by atoms with van der Waals surface area (Å²) in [5.74, 6) is 0.368. The van der Waals surface area contributed by atoms with Gasteiger partial charge in [-0.25, -0.2) is 0 Å². The van der Waals surface area contributed by atoms with E-state index in [9.17, 15) is 0 Å². The van der Waals surface area contributed by atoms with Crippen molar-refractivity contribution in [2.45, 2.75) is 20.8 Å². The molecule has 0 heterocycles. The molecule has 1 aromatic rings. The van der Waals surface area contributed by atoms with Crippen molar-refractivity contribution in [2.75, 3.05) is 0 Å². The van der Waals surface area contributed by atoms with Crippen LogP contribution in [0.15, 0.2) is 24.3 Å². The van der Waals surface area contributed by atoms with E-state index in [1.54, 1.807) is 6.07 Å². The van der Waals surface area contributed by atoms with Crippen LogP contribution in [-0.2, 0) is 0 Å². The Bertz CT molecular complexity index is 161. The van der Waals surface area contributed by atoms with Gasteiger partial charge in [-0.2, -0.15) is 0 Å². The van der Waals surface area contributed by atoms with Crippen molar-refractivity contribution < 1.29 is 5.11 Å². The highest BCUT2D eigenvalue weighted by atomic mass is 16.3. The Morgan fingerprint density at radius 2 is 1.60 bits per heavy atom. The number of benzene rings is 1. The Labute approximate surface area is 62.3 Å². The van der Waals surface area contributed by atoms with Gasteiger partial charge in [0, 0.05) is 0 Å². The molecule has 0 aromatic heterocycles. The topological polar surface area (TPSA) is 20.2 Å². The highest BCUT2D eigenvalue weighted by Crippen LogP contribution is 2.12. The number of aryl methyl sites for hydroxylation is 1. The molecule has 56 valence electrons. The molecule has 0 saturated carbocycles. The number of phenolic OH excluding ortho intramolecular Hbond substituents is 1. The first-order valence-electron chi connectivity index (χ1n) is 3.55. The van der Waals surface area contributed by atoms with Crippen molar-refractivity contribution in [3.8, 4) is 5.75 Å². The van der Waals surface area contributed by atoms with Gasteiger partial charge in [0.25, 0.3) is 0 Å². The van der Waals surface area contributed by atoms with Gasteiger partial charge < -0.3 is 5.11 Å². The van der Waals surface area contributed by atoms with Gasteiger partial charge in [0.05, 0.1) is 0 Å². The van der Waals surface area contributed by atoms with E-state index in [2.05, 4.69) is 0 Å². The maximum absolute atomic E-state index is 8.92. The van der Waals surface area contributed by atoms with Crippen LogP contribution in [0.25, 0.3) is 0 Å². The first kappa shape index (κ1) is 9.02. The minimum absolute atomic E-state index is 0.368. The summed E-state index contributed by atoms with van der Waals surface area (Å²) >= 11 is 0. The number of rotatable bonds is 0. The molecule has 0 aliphatic rings. The van der Waals surface area contributed by atoms with Gasteiger partial charge in [-0.05, 0) is 18.6 Å². The van der Waals surface area contributed by atoms with Crippen LogP contribution < -0.4 is 0 Å². The second-order valence-corrected chi connectivity index (χ2v) is 1.79. The van der Waals surface area contributed by atoms with Gasteiger partial charge in [-0.15, -0.1) is 0 Å². The van der Waals surface area contributed by atoms with E-state index in [0.29, 0.717) is 5.75 Å². The van der Waals surface area contributed by atoms with Crippen LogP contribution in [-0.4, -0.2) is 5.11 Å². The quantitative estimate of drug-likeness (QED) is 0.584. The van der Waals surface area contributed by atoms with Crippen molar-refractivity contribution >= 4 is 0 Å². The second kappa shape index (κ2) is 4.86. The highest BCUT2D eigenvalue weighted by Gasteiger charge is 1.86. The summed E-state index contributed by atoms with van der Waals surface area (Å²) in [6.07, 6.45) is 0. The summed E-state index contributed by atoms with van der Waals surface area (Å²) in [6.45, 7) is 5.87. The number of hydrogen-bond donors (Lipinski definition) is 1. The van der Waals surface area contributed by atoms with Crippen LogP contribution in [0.1, 0.15) is 19.4 Å². The van der Waals surface area contributed by atoms with E-state index in [-0.39, 0.29) is 0 Å². The van der Waals surface area contributed by atoms with Crippen molar-refractivity contribution in [1.29, 1.82) is 0 Å². The molecule has 0 radical (unpaired) electrons. The largest absolute Gasteiger partial charge is 0.508 e. The van der Waals surface area contributed by atoms with Gasteiger partial charge >= 0.3 is 0 Å². The lowest BCUT2D eigenvalue weighted by molar-refractivity contribution is 0.471. The summed E-state index contributed by atoms with van der Waals surface area (Å²) in [7, 11) is 0. The molecule has 0 fully saturated rings. The molecule has 0 unspecified atom stereocenters. The Morgan fingerprint density at radius 3 is 1.90 bits per heavy atom. The van der Waals surface area contributed by atoms with Gasteiger partial charge in [0.1, 0.15) is 5.75 Å². The van der Waals surface area contributed by atoms with E-state index in [0.717, 1.165) is 5.56 Å². The molecule has 0 atom stereocenters. The Balaban J connectivity index is 0.000000371. The molecule has 1 rings (SSSR count). The Hall–Kier alpha value is -0.980. The number of phenols is 1. The summed E-state index contributed by atoms with van der Waals surface area (Å²) in [6, 6.07) is 7.25. The van der Waals surface area contributed by atoms with Crippen molar-refractivity contribution in [1.82, 2.24) is 0 Å². The molecule has 0 saturated heterocycles. The van der Waals surface area contributed by atoms with Crippen molar-refractivity contribution in [3.05, 3.63) is 29.8 Å². The fourth-order valence-corrected chi connectivity index (χ4v) is 0.563. The third-order valence-electron chi connectivity index (χ3n) is 1.12. The molecule has 0 bridgehead atoms. The number of aromatic hydroxyl groups is 1. The molecular formula is C9H14O. The SMILES string of the molecule is CC.Cc1ccccc1O. The van der Waals surface area contributed by atoms with Gasteiger partial charge in [0.15, 0.2) is 0 Å². The molecule has 0 spiro atoms. The zero-order chi connectivity index (χ0) is 7.98. The van der Waals surface area contributed by atoms with E-state index >= 15 is 0 Å². The van der Waals surface area contributed by atoms with Gasteiger partial charge in [-0.3, -0.25) is 0 Å². The molecule has 1 N–H and O–H groups in total. The summed E-state index contributed by atoms with van der Waals surface area (Å²) in [5, 5.41) is 8.92. The van der Waals surface area contributed by atoms with Crippen LogP contribution in [0.5, 0.6) is 5.75 Å². The predicted octanol–water partition coefficient (Wildman–Crippen LogP) is 2.73. The first-order valence-corrected chi connectivity index (χ1v) is 3.55. The number of hydrogen-bond acceptors (Lipinski definition) is 1. The summed E-state index contributed by atoms with van der Waals surface area (Å²) < 4.78 is 0. The smallest absolute Gasteiger partial charge is 0.118 e. The minimum Gasteiger partial charge on any atom is -0.508 e. The molecule has 0 aliphatic heterocycles. The minimum atomic E-state index is 0.368. The maximum atomic E-state index is 8.92. The van der Waals surface area contributed by atoms with Crippen LogP contribution in [0.2, 0.25) is 0 Å². The first-order chi connectivity index (χ1) is 4.80. The third-order valence-corrected chi connectivity index (χ3v) is 1.12. The van der Waals surface area contributed by atoms with Gasteiger partial charge in [-0.1, -0.05) is 32.0 Å². The van der Waals surface area contributed by atoms with E-state index < -0.39 is 0 Å². The third kappa shape index (κ3) is 2.53. The lowest BCUT2D eigenvalue weighted by atomic mass is 10.2. The predicted molar refractivity (Wildman–Crippen MR) is 44.2 cm³/mol. The number of para-hydroxylation sites is 1. The van der Waals surface area contributed by atoms with E-state index in [1.165, 1.54) is 0 Å². The lowest BCUT2D eigenvalue weighted by Gasteiger charge is -1.92. The molecule has 10 heavy (non-hydrogen) atoms. The molecule has 1 nitrogen and oxygen atoms in total. The fraction of sp³-hybridized carbons (Fsp3) is 0.333. The average Bonchev–Trinajstić information content (AvgIpc) is 2.00. The molecule has 1 heteroatoms. The molecule has 0 amide bonds. The average molecular weight is 138 g/mol. The van der Waals surface area contributed by atoms with Crippen LogP contribution in [0.4, 0.5) is 0 Å². The fourth-order valence-electron chi connectivity index (χ4n) is 0.563. The Morgan fingerprint density at radius 1 is 1.10 bits per heavy atom. The van der Waals surface area contributed by atoms with Crippen LogP contribution in [0.3, 0.4) is 0 Å². The monoisotopic (exact) mass is 138 g/mol. The van der Waals surface area contributed by atoms with Crippen LogP contribution >= 0.6 is 0 Å². The maximum Gasteiger partial charge on any atom is 0.118 e.